The molecule has 1 aromatic carbocycles. The van der Waals surface area contributed by atoms with Crippen molar-refractivity contribution in [3.8, 4) is 0 Å². The molecule has 0 aliphatic carbocycles. The highest BCUT2D eigenvalue weighted by molar-refractivity contribution is 6.64. The van der Waals surface area contributed by atoms with Gasteiger partial charge in [-0.05, 0) is 29.8 Å². The highest BCUT2D eigenvalue weighted by Gasteiger charge is 2.35. The average Bonchev–Trinajstić information content (AvgIpc) is 2.61. The van der Waals surface area contributed by atoms with Gasteiger partial charge in [-0.2, -0.15) is 0 Å². The molecule has 0 aromatic heterocycles. The molecule has 6 heteroatoms. The number of nitrogens with zero attached hydrogens (tertiary/aromatic N) is 1. The third-order valence-corrected chi connectivity index (χ3v) is 3.49. The molecule has 1 aromatic rings. The first-order chi connectivity index (χ1) is 7.99. The van der Waals surface area contributed by atoms with Gasteiger partial charge < -0.3 is 4.90 Å². The Kier molecular flexibility index (Phi) is 3.61. The van der Waals surface area contributed by atoms with Crippen molar-refractivity contribution in [2.75, 3.05) is 11.4 Å². The fraction of sp³-hybridized carbons (Fsp3) is 0.273. The first-order valence-electron chi connectivity index (χ1n) is 4.94. The lowest BCUT2D eigenvalue weighted by molar-refractivity contribution is -0.120. The van der Waals surface area contributed by atoms with Gasteiger partial charge in [0.1, 0.15) is 0 Å². The molecule has 1 saturated heterocycles. The van der Waals surface area contributed by atoms with Crippen LogP contribution >= 0.6 is 34.8 Å². The molecule has 0 spiro atoms. The summed E-state index contributed by atoms with van der Waals surface area (Å²) < 4.78 is 0. The van der Waals surface area contributed by atoms with E-state index < -0.39 is 11.2 Å². The summed E-state index contributed by atoms with van der Waals surface area (Å²) in [5.74, 6) is -0.621. The Hall–Kier alpha value is -0.770. The van der Waals surface area contributed by atoms with Gasteiger partial charge in [0.2, 0.25) is 11.1 Å². The Balaban J connectivity index is 2.29. The van der Waals surface area contributed by atoms with E-state index in [1.54, 1.807) is 18.2 Å². The Morgan fingerprint density at radius 2 is 2.06 bits per heavy atom. The summed E-state index contributed by atoms with van der Waals surface area (Å²) in [6.07, 6.45) is 0.126. The second kappa shape index (κ2) is 4.84. The molecule has 1 aliphatic heterocycles. The van der Waals surface area contributed by atoms with Crippen LogP contribution in [0.3, 0.4) is 0 Å². The van der Waals surface area contributed by atoms with Crippen molar-refractivity contribution < 1.29 is 9.59 Å². The second-order valence-electron chi connectivity index (χ2n) is 3.81. The lowest BCUT2D eigenvalue weighted by Gasteiger charge is -2.17. The zero-order valence-electron chi connectivity index (χ0n) is 8.62. The lowest BCUT2D eigenvalue weighted by atomic mass is 10.1. The number of rotatable bonds is 2. The third-order valence-electron chi connectivity index (χ3n) is 2.65. The van der Waals surface area contributed by atoms with Gasteiger partial charge in [0.05, 0.1) is 16.6 Å². The van der Waals surface area contributed by atoms with Crippen molar-refractivity contribution in [2.24, 2.45) is 5.92 Å². The zero-order chi connectivity index (χ0) is 12.6. The molecule has 1 aliphatic rings. The summed E-state index contributed by atoms with van der Waals surface area (Å²) in [6, 6.07) is 4.86. The summed E-state index contributed by atoms with van der Waals surface area (Å²) in [6.45, 7) is 0.266. The maximum Gasteiger partial charge on any atom is 0.227 e. The molecule has 0 radical (unpaired) electrons. The summed E-state index contributed by atoms with van der Waals surface area (Å²) in [5, 5.41) is 0.384. The standard InChI is InChI=1S/C11H8Cl3NO2/c12-7-1-2-9(8(13)4-7)15-5-6(11(14)17)3-10(15)16/h1-2,4,6H,3,5H2. The molecule has 17 heavy (non-hydrogen) atoms. The predicted molar refractivity (Wildman–Crippen MR) is 67.8 cm³/mol. The minimum Gasteiger partial charge on any atom is -0.310 e. The van der Waals surface area contributed by atoms with E-state index in [0.717, 1.165) is 0 Å². The number of hydrogen-bond donors (Lipinski definition) is 0. The van der Waals surface area contributed by atoms with Gasteiger partial charge >= 0.3 is 0 Å². The van der Waals surface area contributed by atoms with E-state index in [-0.39, 0.29) is 18.9 Å². The van der Waals surface area contributed by atoms with E-state index in [9.17, 15) is 9.59 Å². The molecular weight excluding hydrogens is 284 g/mol. The molecule has 2 rings (SSSR count). The predicted octanol–water partition coefficient (Wildman–Crippen LogP) is 3.11. The molecule has 90 valence electrons. The van der Waals surface area contributed by atoms with Crippen LogP contribution in [0.15, 0.2) is 18.2 Å². The van der Waals surface area contributed by atoms with Gasteiger partial charge in [0.15, 0.2) is 0 Å². The fourth-order valence-electron chi connectivity index (χ4n) is 1.79. The summed E-state index contributed by atoms with van der Waals surface area (Å²) in [5.41, 5.74) is 0.557. The Labute approximate surface area is 113 Å². The molecular formula is C11H8Cl3NO2. The van der Waals surface area contributed by atoms with Crippen LogP contribution < -0.4 is 4.90 Å². The van der Waals surface area contributed by atoms with Crippen LogP contribution in [0.25, 0.3) is 0 Å². The molecule has 0 saturated carbocycles. The normalized spacial score (nSPS) is 19.8. The van der Waals surface area contributed by atoms with Crippen LogP contribution in [-0.2, 0) is 9.59 Å². The van der Waals surface area contributed by atoms with Gasteiger partial charge in [0.25, 0.3) is 0 Å². The van der Waals surface area contributed by atoms with Crippen LogP contribution in [0.4, 0.5) is 5.69 Å². The SMILES string of the molecule is O=C(Cl)C1CC(=O)N(c2ccc(Cl)cc2Cl)C1. The van der Waals surface area contributed by atoms with Crippen LogP contribution in [-0.4, -0.2) is 17.7 Å². The zero-order valence-corrected chi connectivity index (χ0v) is 10.9. The Morgan fingerprint density at radius 1 is 1.35 bits per heavy atom. The third kappa shape index (κ3) is 2.57. The van der Waals surface area contributed by atoms with Gasteiger partial charge in [-0.3, -0.25) is 9.59 Å². The lowest BCUT2D eigenvalue weighted by Crippen LogP contribution is -2.25. The number of carbonyl (C=O) groups is 2. The molecule has 1 unspecified atom stereocenters. The van der Waals surface area contributed by atoms with Crippen molar-refractivity contribution >= 4 is 51.6 Å². The molecule has 3 nitrogen and oxygen atoms in total. The highest BCUT2D eigenvalue weighted by Crippen LogP contribution is 2.33. The fourth-order valence-corrected chi connectivity index (χ4v) is 2.45. The molecule has 0 N–H and O–H groups in total. The maximum absolute atomic E-state index is 11.8. The second-order valence-corrected chi connectivity index (χ2v) is 5.02. The van der Waals surface area contributed by atoms with Gasteiger partial charge in [-0.15, -0.1) is 0 Å². The van der Waals surface area contributed by atoms with Crippen molar-refractivity contribution in [2.45, 2.75) is 6.42 Å². The maximum atomic E-state index is 11.8. The number of hydrogen-bond acceptors (Lipinski definition) is 2. The molecule has 1 amide bonds. The number of benzene rings is 1. The first-order valence-corrected chi connectivity index (χ1v) is 6.07. The molecule has 1 fully saturated rings. The first kappa shape index (κ1) is 12.7. The topological polar surface area (TPSA) is 37.4 Å². The number of carbonyl (C=O) groups excluding carboxylic acids is 2. The van der Waals surface area contributed by atoms with E-state index in [1.165, 1.54) is 4.90 Å². The van der Waals surface area contributed by atoms with Crippen LogP contribution in [0, 0.1) is 5.92 Å². The average molecular weight is 293 g/mol. The van der Waals surface area contributed by atoms with Gasteiger partial charge in [-0.25, -0.2) is 0 Å². The number of amides is 1. The summed E-state index contributed by atoms with van der Waals surface area (Å²) in [7, 11) is 0. The Morgan fingerprint density at radius 3 is 2.59 bits per heavy atom. The van der Waals surface area contributed by atoms with Gasteiger partial charge in [0, 0.05) is 18.0 Å². The van der Waals surface area contributed by atoms with E-state index in [1.807, 2.05) is 0 Å². The van der Waals surface area contributed by atoms with E-state index in [0.29, 0.717) is 15.7 Å². The largest absolute Gasteiger partial charge is 0.310 e. The molecule has 0 bridgehead atoms. The molecule has 1 atom stereocenters. The summed E-state index contributed by atoms with van der Waals surface area (Å²) >= 11 is 17.2. The van der Waals surface area contributed by atoms with Gasteiger partial charge in [-0.1, -0.05) is 23.2 Å². The quantitative estimate of drug-likeness (QED) is 0.785. The number of halogens is 3. The van der Waals surface area contributed by atoms with E-state index >= 15 is 0 Å². The minimum absolute atomic E-state index is 0.126. The van der Waals surface area contributed by atoms with Crippen molar-refractivity contribution in [3.05, 3.63) is 28.2 Å². The van der Waals surface area contributed by atoms with Crippen LogP contribution in [0.1, 0.15) is 6.42 Å². The summed E-state index contributed by atoms with van der Waals surface area (Å²) in [4.78, 5) is 24.3. The Bertz CT molecular complexity index is 490. The minimum atomic E-state index is -0.495. The monoisotopic (exact) mass is 291 g/mol. The van der Waals surface area contributed by atoms with E-state index in [4.69, 9.17) is 34.8 Å². The van der Waals surface area contributed by atoms with E-state index in [2.05, 4.69) is 0 Å². The van der Waals surface area contributed by atoms with Crippen LogP contribution in [0.2, 0.25) is 10.0 Å². The van der Waals surface area contributed by atoms with Crippen molar-refractivity contribution in [1.29, 1.82) is 0 Å². The van der Waals surface area contributed by atoms with Crippen LogP contribution in [0.5, 0.6) is 0 Å². The highest BCUT2D eigenvalue weighted by atomic mass is 35.5. The van der Waals surface area contributed by atoms with Crippen molar-refractivity contribution in [1.82, 2.24) is 0 Å². The number of anilines is 1. The smallest absolute Gasteiger partial charge is 0.227 e. The van der Waals surface area contributed by atoms with Crippen molar-refractivity contribution in [3.63, 3.8) is 0 Å². The molecule has 1 heterocycles.